The van der Waals surface area contributed by atoms with E-state index < -0.39 is 26.5 Å². The van der Waals surface area contributed by atoms with Gasteiger partial charge in [-0.2, -0.15) is 26.3 Å². The fourth-order valence-electron chi connectivity index (χ4n) is 1.25. The Morgan fingerprint density at radius 2 is 1.31 bits per heavy atom. The summed E-state index contributed by atoms with van der Waals surface area (Å²) in [6.45, 7) is 2.93. The van der Waals surface area contributed by atoms with Gasteiger partial charge >= 0.3 is 20.9 Å². The predicted molar refractivity (Wildman–Crippen MR) is 45.8 cm³/mol. The maximum Gasteiger partial charge on any atom is 0.403 e. The van der Waals surface area contributed by atoms with Gasteiger partial charge in [-0.1, -0.05) is 0 Å². The Morgan fingerprint density at radius 3 is 1.38 bits per heavy atom. The van der Waals surface area contributed by atoms with E-state index in [1.807, 2.05) is 0 Å². The molecule has 96 valence electrons. The van der Waals surface area contributed by atoms with E-state index >= 15 is 0 Å². The molecular formula is C7H10F6O2Si. The molecule has 9 heteroatoms. The van der Waals surface area contributed by atoms with Gasteiger partial charge in [0.15, 0.2) is 5.54 Å². The molecule has 0 atom stereocenters. The minimum absolute atomic E-state index is 0.471. The summed E-state index contributed by atoms with van der Waals surface area (Å²) in [5.74, 6) is 0. The van der Waals surface area contributed by atoms with Crippen LogP contribution in [0, 0.1) is 0 Å². The molecule has 0 amide bonds. The third kappa shape index (κ3) is 2.98. The van der Waals surface area contributed by atoms with Gasteiger partial charge in [-0.05, 0) is 5.70 Å². The molecule has 0 aromatic heterocycles. The molecule has 0 aromatic rings. The molecule has 0 heterocycles. The molecule has 16 heavy (non-hydrogen) atoms. The summed E-state index contributed by atoms with van der Waals surface area (Å²) in [5, 5.41) is 0. The largest absolute Gasteiger partial charge is 0.403 e. The van der Waals surface area contributed by atoms with Gasteiger partial charge in [-0.15, -0.1) is 6.58 Å². The van der Waals surface area contributed by atoms with Crippen LogP contribution in [0.15, 0.2) is 12.3 Å². The lowest BCUT2D eigenvalue weighted by molar-refractivity contribution is -0.239. The maximum atomic E-state index is 12.4. The molecule has 0 aliphatic rings. The van der Waals surface area contributed by atoms with Crippen LogP contribution in [-0.2, 0) is 8.85 Å². The molecule has 0 spiro atoms. The lowest BCUT2D eigenvalue weighted by atomic mass is 10.4. The quantitative estimate of drug-likeness (QED) is 0.576. The Bertz CT molecular complexity index is 230. The first-order chi connectivity index (χ1) is 7.05. The van der Waals surface area contributed by atoms with Crippen molar-refractivity contribution in [2.24, 2.45) is 0 Å². The summed E-state index contributed by atoms with van der Waals surface area (Å²) in [6, 6.07) is 0. The Balaban J connectivity index is 5.58. The molecule has 0 N–H and O–H groups in total. The van der Waals surface area contributed by atoms with Crippen molar-refractivity contribution >= 4 is 8.56 Å². The molecule has 2 nitrogen and oxygen atoms in total. The van der Waals surface area contributed by atoms with E-state index in [1.54, 1.807) is 0 Å². The number of hydrogen-bond donors (Lipinski definition) is 0. The lowest BCUT2D eigenvalue weighted by Gasteiger charge is -2.34. The SMILES string of the molecule is C=C[Si](OC)(OC)C(C(F)(F)F)C(F)(F)F. The summed E-state index contributed by atoms with van der Waals surface area (Å²) in [5.41, 5.74) is -3.18. The highest BCUT2D eigenvalue weighted by Gasteiger charge is 2.69. The normalized spacial score (nSPS) is 14.3. The lowest BCUT2D eigenvalue weighted by Crippen LogP contribution is -2.55. The Kier molecular flexibility index (Phi) is 4.60. The van der Waals surface area contributed by atoms with Crippen LogP contribution in [0.5, 0.6) is 0 Å². The summed E-state index contributed by atoms with van der Waals surface area (Å²) < 4.78 is 82.9. The second-order valence-electron chi connectivity index (χ2n) is 2.85. The fraction of sp³-hybridized carbons (Fsp3) is 0.714. The van der Waals surface area contributed by atoms with E-state index in [-0.39, 0.29) is 0 Å². The highest BCUT2D eigenvalue weighted by Crippen LogP contribution is 2.50. The number of hydrogen-bond acceptors (Lipinski definition) is 2. The minimum atomic E-state index is -5.50. The smallest absolute Gasteiger partial charge is 0.394 e. The molecule has 0 saturated carbocycles. The first-order valence-electron chi connectivity index (χ1n) is 3.92. The van der Waals surface area contributed by atoms with Crippen molar-refractivity contribution in [3.8, 4) is 0 Å². The molecule has 0 aromatic carbocycles. The van der Waals surface area contributed by atoms with Crippen LogP contribution in [0.25, 0.3) is 0 Å². The highest BCUT2D eigenvalue weighted by molar-refractivity contribution is 6.74. The zero-order valence-electron chi connectivity index (χ0n) is 8.45. The fourth-order valence-corrected chi connectivity index (χ4v) is 3.36. The van der Waals surface area contributed by atoms with Gasteiger partial charge in [-0.3, -0.25) is 0 Å². The monoisotopic (exact) mass is 268 g/mol. The Hall–Kier alpha value is -0.543. The average molecular weight is 268 g/mol. The van der Waals surface area contributed by atoms with Crippen molar-refractivity contribution in [2.45, 2.75) is 17.9 Å². The second-order valence-corrected chi connectivity index (χ2v) is 6.09. The summed E-state index contributed by atoms with van der Waals surface area (Å²) in [4.78, 5) is 0. The van der Waals surface area contributed by atoms with Gasteiger partial charge in [-0.25, -0.2) is 0 Å². The van der Waals surface area contributed by atoms with Crippen LogP contribution in [0.1, 0.15) is 0 Å². The van der Waals surface area contributed by atoms with E-state index in [0.717, 1.165) is 14.2 Å². The Morgan fingerprint density at radius 1 is 1.00 bits per heavy atom. The van der Waals surface area contributed by atoms with Gasteiger partial charge in [0.2, 0.25) is 0 Å². The van der Waals surface area contributed by atoms with E-state index in [2.05, 4.69) is 15.4 Å². The molecule has 0 saturated heterocycles. The van der Waals surface area contributed by atoms with Crippen molar-refractivity contribution in [1.29, 1.82) is 0 Å². The van der Waals surface area contributed by atoms with E-state index in [4.69, 9.17) is 0 Å². The molecule has 0 bridgehead atoms. The minimum Gasteiger partial charge on any atom is -0.394 e. The van der Waals surface area contributed by atoms with Crippen molar-refractivity contribution in [1.82, 2.24) is 0 Å². The van der Waals surface area contributed by atoms with E-state index in [9.17, 15) is 26.3 Å². The third-order valence-electron chi connectivity index (χ3n) is 1.98. The summed E-state index contributed by atoms with van der Waals surface area (Å²) in [7, 11) is -3.13. The van der Waals surface area contributed by atoms with Crippen LogP contribution >= 0.6 is 0 Å². The zero-order valence-corrected chi connectivity index (χ0v) is 9.45. The first-order valence-corrected chi connectivity index (χ1v) is 5.89. The van der Waals surface area contributed by atoms with Gasteiger partial charge in [0.05, 0.1) is 0 Å². The predicted octanol–water partition coefficient (Wildman–Crippen LogP) is 2.94. The van der Waals surface area contributed by atoms with E-state index in [0.29, 0.717) is 5.70 Å². The van der Waals surface area contributed by atoms with Crippen LogP contribution < -0.4 is 0 Å². The zero-order chi connectivity index (χ0) is 13.2. The number of halogens is 6. The average Bonchev–Trinajstić information content (AvgIpc) is 2.10. The van der Waals surface area contributed by atoms with Crippen molar-refractivity contribution in [3.63, 3.8) is 0 Å². The highest BCUT2D eigenvalue weighted by atomic mass is 28.4. The molecular weight excluding hydrogens is 258 g/mol. The van der Waals surface area contributed by atoms with Gasteiger partial charge in [0.25, 0.3) is 0 Å². The molecule has 0 fully saturated rings. The maximum absolute atomic E-state index is 12.4. The van der Waals surface area contributed by atoms with E-state index in [1.165, 1.54) is 0 Å². The van der Waals surface area contributed by atoms with Crippen LogP contribution in [0.2, 0.25) is 5.54 Å². The van der Waals surface area contributed by atoms with Crippen LogP contribution in [0.3, 0.4) is 0 Å². The molecule has 0 aliphatic carbocycles. The van der Waals surface area contributed by atoms with Crippen molar-refractivity contribution in [3.05, 3.63) is 12.3 Å². The van der Waals surface area contributed by atoms with Crippen molar-refractivity contribution < 1.29 is 35.2 Å². The molecule has 0 rings (SSSR count). The van der Waals surface area contributed by atoms with Crippen molar-refractivity contribution in [2.75, 3.05) is 14.2 Å². The topological polar surface area (TPSA) is 18.5 Å². The van der Waals surface area contributed by atoms with Gasteiger partial charge in [0.1, 0.15) is 0 Å². The molecule has 0 aliphatic heterocycles. The second kappa shape index (κ2) is 4.76. The Labute approximate surface area is 89.1 Å². The standard InChI is InChI=1S/C7H10F6O2Si/c1-4-16(14-2,15-3)5(6(8,9)10)7(11,12)13/h4-5H,1H2,2-3H3. The summed E-state index contributed by atoms with van der Waals surface area (Å²) >= 11 is 0. The molecule has 0 radical (unpaired) electrons. The molecule has 0 unspecified atom stereocenters. The number of rotatable bonds is 4. The van der Waals surface area contributed by atoms with Crippen LogP contribution in [0.4, 0.5) is 26.3 Å². The van der Waals surface area contributed by atoms with Gasteiger partial charge in [0, 0.05) is 14.2 Å². The summed E-state index contributed by atoms with van der Waals surface area (Å²) in [6.07, 6.45) is -11.0. The third-order valence-corrected chi connectivity index (χ3v) is 5.28. The first kappa shape index (κ1) is 15.5. The van der Waals surface area contributed by atoms with Gasteiger partial charge < -0.3 is 8.85 Å². The van der Waals surface area contributed by atoms with Crippen LogP contribution in [-0.4, -0.2) is 35.1 Å². The number of alkyl halides is 6.